The van der Waals surface area contributed by atoms with Gasteiger partial charge in [0, 0.05) is 6.20 Å². The molecular weight excluding hydrogens is 434 g/mol. The van der Waals surface area contributed by atoms with E-state index in [1.165, 1.54) is 11.2 Å². The number of ether oxygens (including phenoxy) is 1. The first-order valence-electron chi connectivity index (χ1n) is 10.8. The van der Waals surface area contributed by atoms with Crippen molar-refractivity contribution in [3.63, 3.8) is 0 Å². The molecule has 1 aliphatic rings. The van der Waals surface area contributed by atoms with Gasteiger partial charge < -0.3 is 23.6 Å². The number of Topliss-reactive ketones (excluding diaryl/α,β-unsaturated/α-hetero) is 1. The fourth-order valence-electron chi connectivity index (χ4n) is 4.45. The molecule has 34 heavy (non-hydrogen) atoms. The Morgan fingerprint density at radius 3 is 2.68 bits per heavy atom. The van der Waals surface area contributed by atoms with E-state index >= 15 is 0 Å². The van der Waals surface area contributed by atoms with Crippen molar-refractivity contribution < 1.29 is 23.8 Å². The van der Waals surface area contributed by atoms with Gasteiger partial charge in [0.15, 0.2) is 5.76 Å². The number of methoxy groups -OCH3 is 1. The minimum Gasteiger partial charge on any atom is -0.505 e. The fourth-order valence-corrected chi connectivity index (χ4v) is 4.45. The van der Waals surface area contributed by atoms with Gasteiger partial charge in [0.25, 0.3) is 11.7 Å². The maximum Gasteiger partial charge on any atom is 0.296 e. The quantitative estimate of drug-likeness (QED) is 0.274. The molecule has 1 unspecified atom stereocenters. The molecule has 0 spiro atoms. The lowest BCUT2D eigenvalue weighted by molar-refractivity contribution is -0.140. The number of aromatic nitrogens is 2. The number of rotatable bonds is 5. The summed E-state index contributed by atoms with van der Waals surface area (Å²) in [5, 5.41) is 11.4. The Labute approximate surface area is 195 Å². The molecule has 3 aromatic heterocycles. The number of likely N-dealkylation sites (tertiary alicyclic amines) is 1. The standard InChI is InChI=1S/C26H23N3O5/c1-15-7-5-11-28-16(2)21(27-25(15)28)23(30)20-22(17-8-4-9-18(13-17)33-3)29(26(32)24(20)31)14-19-10-6-12-34-19/h4-13,22,30H,14H2,1-3H3/b23-20+. The van der Waals surface area contributed by atoms with Crippen LogP contribution in [-0.2, 0) is 16.1 Å². The number of carbonyl (C=O) groups is 2. The van der Waals surface area contributed by atoms with Gasteiger partial charge in [-0.25, -0.2) is 4.98 Å². The highest BCUT2D eigenvalue weighted by molar-refractivity contribution is 6.46. The summed E-state index contributed by atoms with van der Waals surface area (Å²) in [6.45, 7) is 3.80. The highest BCUT2D eigenvalue weighted by atomic mass is 16.5. The van der Waals surface area contributed by atoms with E-state index in [-0.39, 0.29) is 23.6 Å². The highest BCUT2D eigenvalue weighted by Gasteiger charge is 2.47. The van der Waals surface area contributed by atoms with Gasteiger partial charge in [-0.2, -0.15) is 0 Å². The van der Waals surface area contributed by atoms with E-state index in [9.17, 15) is 14.7 Å². The van der Waals surface area contributed by atoms with Crippen LogP contribution in [0, 0.1) is 13.8 Å². The van der Waals surface area contributed by atoms with Crippen LogP contribution < -0.4 is 4.74 Å². The lowest BCUT2D eigenvalue weighted by Gasteiger charge is -2.24. The van der Waals surface area contributed by atoms with Crippen molar-refractivity contribution in [1.29, 1.82) is 0 Å². The van der Waals surface area contributed by atoms with E-state index in [4.69, 9.17) is 9.15 Å². The monoisotopic (exact) mass is 457 g/mol. The van der Waals surface area contributed by atoms with Gasteiger partial charge in [0.2, 0.25) is 0 Å². The lowest BCUT2D eigenvalue weighted by Crippen LogP contribution is -2.29. The normalized spacial score (nSPS) is 17.6. The number of aliphatic hydroxyl groups excluding tert-OH is 1. The Balaban J connectivity index is 1.72. The number of aryl methyl sites for hydroxylation is 2. The molecular formula is C26H23N3O5. The molecule has 0 radical (unpaired) electrons. The van der Waals surface area contributed by atoms with Crippen LogP contribution in [0.15, 0.2) is 71.0 Å². The van der Waals surface area contributed by atoms with Crippen LogP contribution in [0.3, 0.4) is 0 Å². The first kappa shape index (κ1) is 21.5. The summed E-state index contributed by atoms with van der Waals surface area (Å²) < 4.78 is 12.6. The predicted octanol–water partition coefficient (Wildman–Crippen LogP) is 4.17. The number of benzene rings is 1. The summed E-state index contributed by atoms with van der Waals surface area (Å²) in [4.78, 5) is 32.5. The van der Waals surface area contributed by atoms with Gasteiger partial charge in [-0.05, 0) is 55.3 Å². The van der Waals surface area contributed by atoms with Crippen LogP contribution in [0.4, 0.5) is 0 Å². The number of hydrogen-bond acceptors (Lipinski definition) is 6. The third kappa shape index (κ3) is 3.35. The number of pyridine rings is 1. The van der Waals surface area contributed by atoms with E-state index in [0.717, 1.165) is 5.56 Å². The molecule has 1 atom stereocenters. The molecule has 0 bridgehead atoms. The van der Waals surface area contributed by atoms with Gasteiger partial charge in [-0.3, -0.25) is 9.59 Å². The Hall–Kier alpha value is -4.33. The third-order valence-corrected chi connectivity index (χ3v) is 6.16. The van der Waals surface area contributed by atoms with E-state index in [1.54, 1.807) is 43.5 Å². The topological polar surface area (TPSA) is 97.3 Å². The molecule has 1 aliphatic heterocycles. The van der Waals surface area contributed by atoms with E-state index in [2.05, 4.69) is 4.98 Å². The summed E-state index contributed by atoms with van der Waals surface area (Å²) in [5.74, 6) is -0.711. The molecule has 1 amide bonds. The number of amides is 1. The maximum absolute atomic E-state index is 13.3. The molecule has 4 heterocycles. The van der Waals surface area contributed by atoms with Crippen LogP contribution in [0.2, 0.25) is 0 Å². The molecule has 8 heteroatoms. The zero-order valence-corrected chi connectivity index (χ0v) is 19.0. The van der Waals surface area contributed by atoms with Crippen molar-refractivity contribution in [3.05, 3.63) is 94.8 Å². The molecule has 1 aromatic carbocycles. The Bertz CT molecular complexity index is 1450. The number of hydrogen-bond donors (Lipinski definition) is 1. The number of imidazole rings is 1. The number of nitrogens with zero attached hydrogens (tertiary/aromatic N) is 3. The summed E-state index contributed by atoms with van der Waals surface area (Å²) in [6, 6.07) is 13.5. The average Bonchev–Trinajstić information content (AvgIpc) is 3.54. The summed E-state index contributed by atoms with van der Waals surface area (Å²) >= 11 is 0. The number of carbonyl (C=O) groups excluding carboxylic acids is 2. The molecule has 0 aliphatic carbocycles. The Kier molecular flexibility index (Phi) is 5.20. The molecule has 0 saturated carbocycles. The van der Waals surface area contributed by atoms with Gasteiger partial charge in [-0.1, -0.05) is 18.2 Å². The van der Waals surface area contributed by atoms with Gasteiger partial charge in [-0.15, -0.1) is 0 Å². The van der Waals surface area contributed by atoms with E-state index < -0.39 is 17.7 Å². The first-order chi connectivity index (χ1) is 16.4. The minimum absolute atomic E-state index is 0.0195. The van der Waals surface area contributed by atoms with Crippen LogP contribution in [0.25, 0.3) is 11.4 Å². The Morgan fingerprint density at radius 2 is 1.97 bits per heavy atom. The van der Waals surface area contributed by atoms with Crippen molar-refractivity contribution in [1.82, 2.24) is 14.3 Å². The van der Waals surface area contributed by atoms with Crippen molar-refractivity contribution >= 4 is 23.1 Å². The third-order valence-electron chi connectivity index (χ3n) is 6.16. The summed E-state index contributed by atoms with van der Waals surface area (Å²) in [7, 11) is 1.54. The van der Waals surface area contributed by atoms with Crippen molar-refractivity contribution in [3.8, 4) is 5.75 Å². The van der Waals surface area contributed by atoms with Crippen LogP contribution in [-0.4, -0.2) is 38.2 Å². The largest absolute Gasteiger partial charge is 0.505 e. The fraction of sp³-hybridized carbons (Fsp3) is 0.192. The maximum atomic E-state index is 13.3. The Morgan fingerprint density at radius 1 is 1.15 bits per heavy atom. The van der Waals surface area contributed by atoms with Crippen LogP contribution in [0.5, 0.6) is 5.75 Å². The highest BCUT2D eigenvalue weighted by Crippen LogP contribution is 2.41. The molecule has 8 nitrogen and oxygen atoms in total. The van der Waals surface area contributed by atoms with Crippen molar-refractivity contribution in [2.75, 3.05) is 7.11 Å². The van der Waals surface area contributed by atoms with Gasteiger partial charge in [0.05, 0.1) is 37.2 Å². The van der Waals surface area contributed by atoms with E-state index in [1.807, 2.05) is 36.6 Å². The van der Waals surface area contributed by atoms with Gasteiger partial charge >= 0.3 is 0 Å². The molecule has 1 N–H and O–H groups in total. The lowest BCUT2D eigenvalue weighted by atomic mass is 9.96. The van der Waals surface area contributed by atoms with Crippen molar-refractivity contribution in [2.45, 2.75) is 26.4 Å². The summed E-state index contributed by atoms with van der Waals surface area (Å²) in [5.41, 5.74) is 3.13. The SMILES string of the molecule is COc1cccc(C2/C(=C(\O)c3nc4c(C)cccn4c3C)C(=O)C(=O)N2Cc2ccco2)c1. The molecule has 5 rings (SSSR count). The smallest absolute Gasteiger partial charge is 0.296 e. The number of ketones is 1. The second kappa shape index (κ2) is 8.22. The zero-order valence-electron chi connectivity index (χ0n) is 19.0. The van der Waals surface area contributed by atoms with Crippen LogP contribution in [0.1, 0.15) is 34.3 Å². The zero-order chi connectivity index (χ0) is 24.0. The van der Waals surface area contributed by atoms with E-state index in [0.29, 0.717) is 28.4 Å². The van der Waals surface area contributed by atoms with Crippen molar-refractivity contribution in [2.24, 2.45) is 0 Å². The average molecular weight is 457 g/mol. The second-order valence-corrected chi connectivity index (χ2v) is 8.21. The van der Waals surface area contributed by atoms with Gasteiger partial charge in [0.1, 0.15) is 22.9 Å². The number of furan rings is 1. The molecule has 1 saturated heterocycles. The number of aliphatic hydroxyl groups is 1. The molecule has 4 aromatic rings. The van der Waals surface area contributed by atoms with Crippen LogP contribution >= 0.6 is 0 Å². The first-order valence-corrected chi connectivity index (χ1v) is 10.8. The summed E-state index contributed by atoms with van der Waals surface area (Å²) in [6.07, 6.45) is 3.35. The second-order valence-electron chi connectivity index (χ2n) is 8.21. The minimum atomic E-state index is -0.842. The predicted molar refractivity (Wildman–Crippen MR) is 124 cm³/mol. The molecule has 1 fully saturated rings. The molecule has 172 valence electrons. The number of fused-ring (bicyclic) bond motifs is 1.